The van der Waals surface area contributed by atoms with Crippen molar-refractivity contribution in [3.8, 4) is 12.1 Å². The van der Waals surface area contributed by atoms with Gasteiger partial charge in [-0.05, 0) is 45.4 Å². The first-order chi connectivity index (χ1) is 12.8. The number of nitriles is 2. The molecule has 0 radical (unpaired) electrons. The van der Waals surface area contributed by atoms with E-state index in [1.54, 1.807) is 0 Å². The van der Waals surface area contributed by atoms with Crippen LogP contribution in [0, 0.1) is 28.6 Å². The van der Waals surface area contributed by atoms with E-state index in [0.717, 1.165) is 17.5 Å². The first-order valence-corrected chi connectivity index (χ1v) is 8.93. The third-order valence-electron chi connectivity index (χ3n) is 5.92. The Morgan fingerprint density at radius 1 is 0.846 bits per heavy atom. The van der Waals surface area contributed by atoms with Crippen LogP contribution in [-0.2, 0) is 6.42 Å². The van der Waals surface area contributed by atoms with Gasteiger partial charge in [-0.2, -0.15) is 10.5 Å². The van der Waals surface area contributed by atoms with Crippen molar-refractivity contribution in [1.82, 2.24) is 0 Å². The summed E-state index contributed by atoms with van der Waals surface area (Å²) in [7, 11) is 0. The Hall–Kier alpha value is -3.36. The minimum atomic E-state index is -0.224. The van der Waals surface area contributed by atoms with Crippen molar-refractivity contribution < 1.29 is 0 Å². The molecular weight excluding hydrogens is 316 g/mol. The third-order valence-corrected chi connectivity index (χ3v) is 5.92. The third kappa shape index (κ3) is 1.97. The fourth-order valence-electron chi connectivity index (χ4n) is 4.82. The van der Waals surface area contributed by atoms with Crippen molar-refractivity contribution in [3.63, 3.8) is 0 Å². The van der Waals surface area contributed by atoms with Gasteiger partial charge in [-0.3, -0.25) is 0 Å². The molecule has 0 saturated carbocycles. The van der Waals surface area contributed by atoms with Crippen molar-refractivity contribution in [2.45, 2.75) is 18.3 Å². The molecule has 0 unspecified atom stereocenters. The molecule has 122 valence electrons. The number of benzene rings is 3. The number of nitrogens with zero attached hydrogens (tertiary/aromatic N) is 2. The van der Waals surface area contributed by atoms with Gasteiger partial charge < -0.3 is 0 Å². The highest BCUT2D eigenvalue weighted by Crippen LogP contribution is 2.50. The average molecular weight is 332 g/mol. The number of fused-ring (bicyclic) bond motifs is 1. The maximum absolute atomic E-state index is 9.98. The number of hydrogen-bond donors (Lipinski definition) is 0. The van der Waals surface area contributed by atoms with Crippen LogP contribution in [0.15, 0.2) is 66.7 Å². The van der Waals surface area contributed by atoms with Crippen molar-refractivity contribution in [2.75, 3.05) is 0 Å². The molecule has 2 aliphatic carbocycles. The molecule has 2 heteroatoms. The summed E-state index contributed by atoms with van der Waals surface area (Å²) < 4.78 is 0. The summed E-state index contributed by atoms with van der Waals surface area (Å²) in [5.74, 6) is 0.0258. The lowest BCUT2D eigenvalue weighted by Crippen LogP contribution is -2.22. The van der Waals surface area contributed by atoms with Crippen molar-refractivity contribution in [2.24, 2.45) is 5.92 Å². The molecule has 0 N–H and O–H groups in total. The Morgan fingerprint density at radius 2 is 1.62 bits per heavy atom. The van der Waals surface area contributed by atoms with Crippen LogP contribution >= 0.6 is 0 Å². The van der Waals surface area contributed by atoms with Crippen LogP contribution in [0.4, 0.5) is 0 Å². The van der Waals surface area contributed by atoms with Crippen molar-refractivity contribution in [3.05, 3.63) is 89.0 Å². The SMILES string of the molecule is N#CC1=C[C@H]([C@@H]2Cc3cccc4cccc2c34)[C@H](C#N)c2ccccc21. The maximum atomic E-state index is 9.98. The minimum Gasteiger partial charge on any atom is -0.198 e. The number of allylic oxidation sites excluding steroid dienone is 2. The van der Waals surface area contributed by atoms with E-state index in [9.17, 15) is 10.5 Å². The van der Waals surface area contributed by atoms with Crippen LogP contribution in [-0.4, -0.2) is 0 Å². The van der Waals surface area contributed by atoms with E-state index in [0.29, 0.717) is 5.57 Å². The molecule has 0 fully saturated rings. The van der Waals surface area contributed by atoms with Gasteiger partial charge in [0.1, 0.15) is 0 Å². The van der Waals surface area contributed by atoms with Crippen LogP contribution < -0.4 is 0 Å². The molecule has 0 spiro atoms. The number of hydrogen-bond acceptors (Lipinski definition) is 2. The molecule has 0 bridgehead atoms. The van der Waals surface area contributed by atoms with E-state index in [1.807, 2.05) is 30.3 Å². The molecule has 5 rings (SSSR count). The van der Waals surface area contributed by atoms with E-state index in [-0.39, 0.29) is 17.8 Å². The summed E-state index contributed by atoms with van der Waals surface area (Å²) in [6.07, 6.45) is 2.97. The van der Waals surface area contributed by atoms with Gasteiger partial charge in [0.05, 0.1) is 23.6 Å². The molecule has 3 atom stereocenters. The van der Waals surface area contributed by atoms with Crippen LogP contribution in [0.3, 0.4) is 0 Å². The zero-order valence-corrected chi connectivity index (χ0v) is 14.2. The highest BCUT2D eigenvalue weighted by atomic mass is 14.4. The molecule has 0 aromatic heterocycles. The van der Waals surface area contributed by atoms with Crippen LogP contribution in [0.25, 0.3) is 16.3 Å². The summed E-state index contributed by atoms with van der Waals surface area (Å²) in [5, 5.41) is 22.3. The molecule has 2 aliphatic rings. The Labute approximate surface area is 152 Å². The molecule has 0 amide bonds. The fourth-order valence-corrected chi connectivity index (χ4v) is 4.82. The first kappa shape index (κ1) is 14.9. The summed E-state index contributed by atoms with van der Waals surface area (Å²) in [6, 6.07) is 25.7. The van der Waals surface area contributed by atoms with Gasteiger partial charge >= 0.3 is 0 Å². The topological polar surface area (TPSA) is 47.6 Å². The van der Waals surface area contributed by atoms with Crippen LogP contribution in [0.5, 0.6) is 0 Å². The smallest absolute Gasteiger partial charge is 0.0994 e. The van der Waals surface area contributed by atoms with Gasteiger partial charge in [0.25, 0.3) is 0 Å². The second-order valence-electron chi connectivity index (χ2n) is 7.14. The van der Waals surface area contributed by atoms with Gasteiger partial charge in [0.2, 0.25) is 0 Å². The lowest BCUT2D eigenvalue weighted by atomic mass is 9.70. The molecular formula is C24H16N2. The minimum absolute atomic E-state index is 0.0163. The Kier molecular flexibility index (Phi) is 3.21. The lowest BCUT2D eigenvalue weighted by molar-refractivity contribution is 0.476. The Balaban J connectivity index is 1.70. The molecule has 0 heterocycles. The van der Waals surface area contributed by atoms with Gasteiger partial charge in [0.15, 0.2) is 0 Å². The first-order valence-electron chi connectivity index (χ1n) is 8.93. The monoisotopic (exact) mass is 332 g/mol. The van der Waals surface area contributed by atoms with E-state index in [1.165, 1.54) is 21.9 Å². The molecule has 3 aromatic rings. The van der Waals surface area contributed by atoms with E-state index in [2.05, 4.69) is 48.5 Å². The van der Waals surface area contributed by atoms with E-state index >= 15 is 0 Å². The van der Waals surface area contributed by atoms with E-state index < -0.39 is 0 Å². The predicted molar refractivity (Wildman–Crippen MR) is 102 cm³/mol. The highest BCUT2D eigenvalue weighted by Gasteiger charge is 2.38. The van der Waals surface area contributed by atoms with Gasteiger partial charge in [-0.25, -0.2) is 0 Å². The molecule has 0 aliphatic heterocycles. The fraction of sp³-hybridized carbons (Fsp3) is 0.167. The summed E-state index contributed by atoms with van der Waals surface area (Å²) in [6.45, 7) is 0. The standard InChI is InChI=1S/C24H16N2/c25-13-17-12-22(23(14-26)19-9-2-1-8-18(17)19)21-11-16-7-3-5-15-6-4-10-20(21)24(15)16/h1-10,12,21-23H,11H2/t21-,22-,23-/m1/s1. The molecule has 2 nitrogen and oxygen atoms in total. The highest BCUT2D eigenvalue weighted by molar-refractivity contribution is 5.92. The van der Waals surface area contributed by atoms with Crippen molar-refractivity contribution >= 4 is 16.3 Å². The van der Waals surface area contributed by atoms with Crippen molar-refractivity contribution in [1.29, 1.82) is 10.5 Å². The average Bonchev–Trinajstić information content (AvgIpc) is 3.07. The van der Waals surface area contributed by atoms with Gasteiger partial charge in [0, 0.05) is 5.92 Å². The molecule has 0 saturated heterocycles. The summed E-state index contributed by atoms with van der Waals surface area (Å²) in [5.41, 5.74) is 5.26. The van der Waals surface area contributed by atoms with Crippen LogP contribution in [0.1, 0.15) is 34.1 Å². The quantitative estimate of drug-likeness (QED) is 0.605. The zero-order valence-electron chi connectivity index (χ0n) is 14.2. The van der Waals surface area contributed by atoms with Crippen LogP contribution in [0.2, 0.25) is 0 Å². The van der Waals surface area contributed by atoms with Gasteiger partial charge in [-0.1, -0.05) is 66.7 Å². The summed E-state index contributed by atoms with van der Waals surface area (Å²) >= 11 is 0. The van der Waals surface area contributed by atoms with Gasteiger partial charge in [-0.15, -0.1) is 0 Å². The number of rotatable bonds is 1. The largest absolute Gasteiger partial charge is 0.198 e. The summed E-state index contributed by atoms with van der Waals surface area (Å²) in [4.78, 5) is 0. The Morgan fingerprint density at radius 3 is 2.42 bits per heavy atom. The molecule has 26 heavy (non-hydrogen) atoms. The van der Waals surface area contributed by atoms with E-state index in [4.69, 9.17) is 0 Å². The Bertz CT molecular complexity index is 1150. The maximum Gasteiger partial charge on any atom is 0.0994 e. The predicted octanol–water partition coefficient (Wildman–Crippen LogP) is 5.32. The second kappa shape index (κ2) is 5.58. The lowest BCUT2D eigenvalue weighted by Gasteiger charge is -2.31. The zero-order chi connectivity index (χ0) is 17.7. The molecule has 3 aromatic carbocycles. The normalized spacial score (nSPS) is 23.0. The second-order valence-corrected chi connectivity index (χ2v) is 7.14.